The largest absolute Gasteiger partial charge is 0.490 e. The number of anilines is 1. The van der Waals surface area contributed by atoms with Crippen molar-refractivity contribution in [2.75, 3.05) is 38.6 Å². The number of carbonyl (C=O) groups is 2. The molecule has 2 aromatic carbocycles. The zero-order valence-electron chi connectivity index (χ0n) is 22.2. The second kappa shape index (κ2) is 13.4. The Balaban J connectivity index is 0.000000587. The number of aliphatic carboxylic acids is 1. The number of nitrogens with one attached hydrogen (secondary N) is 1. The van der Waals surface area contributed by atoms with Gasteiger partial charge in [-0.05, 0) is 65.2 Å². The molecular formula is C28H29F6N3O3S. The molecule has 222 valence electrons. The molecule has 2 N–H and O–H groups in total. The van der Waals surface area contributed by atoms with Gasteiger partial charge < -0.3 is 15.3 Å². The minimum Gasteiger partial charge on any atom is -0.475 e. The maximum absolute atomic E-state index is 12.9. The summed E-state index contributed by atoms with van der Waals surface area (Å²) in [6, 6.07) is 15.6. The highest BCUT2D eigenvalue weighted by atomic mass is 32.1. The molecule has 1 unspecified atom stereocenters. The number of carboxylic acid groups (broad SMARTS) is 1. The number of hydrogen-bond acceptors (Lipinski definition) is 5. The highest BCUT2D eigenvalue weighted by Crippen LogP contribution is 2.30. The molecule has 0 bridgehead atoms. The second-order valence-electron chi connectivity index (χ2n) is 9.74. The van der Waals surface area contributed by atoms with Gasteiger partial charge in [0.05, 0.1) is 10.4 Å². The number of carbonyl (C=O) groups excluding carboxylic acids is 1. The first-order valence-corrected chi connectivity index (χ1v) is 13.3. The van der Waals surface area contributed by atoms with Gasteiger partial charge in [-0.1, -0.05) is 30.3 Å². The van der Waals surface area contributed by atoms with Gasteiger partial charge in [-0.15, -0.1) is 11.3 Å². The summed E-state index contributed by atoms with van der Waals surface area (Å²) in [7, 11) is 3.99. The van der Waals surface area contributed by atoms with Crippen molar-refractivity contribution in [3.05, 3.63) is 76.0 Å². The number of thiophene rings is 1. The van der Waals surface area contributed by atoms with Gasteiger partial charge in [0.2, 0.25) is 0 Å². The van der Waals surface area contributed by atoms with Crippen LogP contribution in [0.1, 0.15) is 27.2 Å². The molecule has 1 aliphatic heterocycles. The minimum atomic E-state index is -5.08. The van der Waals surface area contributed by atoms with E-state index in [2.05, 4.69) is 34.5 Å². The fourth-order valence-corrected chi connectivity index (χ4v) is 5.04. The summed E-state index contributed by atoms with van der Waals surface area (Å²) >= 11 is 1.43. The SMILES string of the molecule is CN(C)c1ccc(-c2csc(C(=O)NCC3CCN(Cc4cccc(C(F)(F)F)c4)C3)c2)cc1.O=C(O)C(F)(F)F. The van der Waals surface area contributed by atoms with Crippen LogP contribution < -0.4 is 10.2 Å². The Morgan fingerprint density at radius 3 is 2.27 bits per heavy atom. The molecule has 2 heterocycles. The molecule has 1 amide bonds. The molecule has 0 spiro atoms. The Morgan fingerprint density at radius 1 is 1.02 bits per heavy atom. The zero-order valence-corrected chi connectivity index (χ0v) is 23.0. The summed E-state index contributed by atoms with van der Waals surface area (Å²) in [6.45, 7) is 2.60. The molecular weight excluding hydrogens is 572 g/mol. The quantitative estimate of drug-likeness (QED) is 0.308. The Hall–Kier alpha value is -3.58. The van der Waals surface area contributed by atoms with Crippen molar-refractivity contribution in [1.82, 2.24) is 10.2 Å². The number of nitrogens with zero attached hydrogens (tertiary/aromatic N) is 2. The van der Waals surface area contributed by atoms with Crippen molar-refractivity contribution in [1.29, 1.82) is 0 Å². The van der Waals surface area contributed by atoms with Crippen molar-refractivity contribution < 1.29 is 41.0 Å². The third kappa shape index (κ3) is 9.49. The van der Waals surface area contributed by atoms with E-state index in [1.807, 2.05) is 30.4 Å². The molecule has 1 fully saturated rings. The summed E-state index contributed by atoms with van der Waals surface area (Å²) in [6.07, 6.45) is -8.50. The Bertz CT molecular complexity index is 1320. The number of amides is 1. The molecule has 0 saturated carbocycles. The topological polar surface area (TPSA) is 72.9 Å². The van der Waals surface area contributed by atoms with Crippen molar-refractivity contribution in [3.63, 3.8) is 0 Å². The van der Waals surface area contributed by atoms with E-state index in [9.17, 15) is 31.1 Å². The molecule has 1 aromatic heterocycles. The van der Waals surface area contributed by atoms with E-state index in [0.717, 1.165) is 42.4 Å². The van der Waals surface area contributed by atoms with Gasteiger partial charge in [-0.2, -0.15) is 26.3 Å². The normalized spacial score (nSPS) is 15.7. The maximum Gasteiger partial charge on any atom is 0.490 e. The van der Waals surface area contributed by atoms with E-state index in [0.29, 0.717) is 23.5 Å². The number of likely N-dealkylation sites (tertiary alicyclic amines) is 1. The summed E-state index contributed by atoms with van der Waals surface area (Å²) in [4.78, 5) is 26.4. The van der Waals surface area contributed by atoms with Gasteiger partial charge in [0.1, 0.15) is 0 Å². The molecule has 1 aliphatic rings. The number of alkyl halides is 6. The summed E-state index contributed by atoms with van der Waals surface area (Å²) in [5.74, 6) is -2.56. The van der Waals surface area contributed by atoms with Crippen LogP contribution in [0.5, 0.6) is 0 Å². The van der Waals surface area contributed by atoms with Gasteiger partial charge in [0.25, 0.3) is 5.91 Å². The lowest BCUT2D eigenvalue weighted by Crippen LogP contribution is -2.30. The average Bonchev–Trinajstić information content (AvgIpc) is 3.57. The van der Waals surface area contributed by atoms with Gasteiger partial charge in [-0.3, -0.25) is 9.69 Å². The van der Waals surface area contributed by atoms with Crippen molar-refractivity contribution >= 4 is 28.9 Å². The molecule has 13 heteroatoms. The van der Waals surface area contributed by atoms with Crippen molar-refractivity contribution in [2.45, 2.75) is 25.3 Å². The number of halogens is 6. The number of rotatable bonds is 7. The molecule has 6 nitrogen and oxygen atoms in total. The first-order chi connectivity index (χ1) is 19.1. The van der Waals surface area contributed by atoms with Crippen molar-refractivity contribution in [3.8, 4) is 11.1 Å². The molecule has 41 heavy (non-hydrogen) atoms. The van der Waals surface area contributed by atoms with Gasteiger partial charge >= 0.3 is 18.3 Å². The summed E-state index contributed by atoms with van der Waals surface area (Å²) in [5.41, 5.74) is 3.26. The summed E-state index contributed by atoms with van der Waals surface area (Å²) < 4.78 is 70.6. The smallest absolute Gasteiger partial charge is 0.475 e. The van der Waals surface area contributed by atoms with Crippen LogP contribution in [0.25, 0.3) is 11.1 Å². The Kier molecular flexibility index (Phi) is 10.4. The van der Waals surface area contributed by atoms with E-state index in [4.69, 9.17) is 9.90 Å². The average molecular weight is 602 g/mol. The monoisotopic (exact) mass is 601 g/mol. The number of hydrogen-bond donors (Lipinski definition) is 2. The fourth-order valence-electron chi connectivity index (χ4n) is 4.21. The second-order valence-corrected chi connectivity index (χ2v) is 10.7. The highest BCUT2D eigenvalue weighted by molar-refractivity contribution is 7.12. The van der Waals surface area contributed by atoms with Gasteiger partial charge in [0, 0.05) is 39.4 Å². The molecule has 1 atom stereocenters. The van der Waals surface area contributed by atoms with E-state index >= 15 is 0 Å². The van der Waals surface area contributed by atoms with Crippen LogP contribution in [0.2, 0.25) is 0 Å². The lowest BCUT2D eigenvalue weighted by atomic mass is 10.1. The Labute approximate surface area is 237 Å². The van der Waals surface area contributed by atoms with Crippen LogP contribution >= 0.6 is 11.3 Å². The predicted octanol–water partition coefficient (Wildman–Crippen LogP) is 6.39. The van der Waals surface area contributed by atoms with E-state index in [-0.39, 0.29) is 11.8 Å². The number of carboxylic acids is 1. The molecule has 0 radical (unpaired) electrons. The van der Waals surface area contributed by atoms with E-state index < -0.39 is 23.9 Å². The predicted molar refractivity (Wildman–Crippen MR) is 145 cm³/mol. The van der Waals surface area contributed by atoms with Crippen LogP contribution in [-0.4, -0.2) is 61.8 Å². The third-order valence-corrected chi connectivity index (χ3v) is 7.29. The first kappa shape index (κ1) is 31.9. The first-order valence-electron chi connectivity index (χ1n) is 12.5. The third-order valence-electron chi connectivity index (χ3n) is 6.36. The van der Waals surface area contributed by atoms with E-state index in [1.54, 1.807) is 6.07 Å². The Morgan fingerprint density at radius 2 is 1.68 bits per heavy atom. The lowest BCUT2D eigenvalue weighted by molar-refractivity contribution is -0.192. The standard InChI is InChI=1S/C26H28F3N3OS.C2HF3O2/c1-31(2)23-8-6-20(7-9-23)21-13-24(34-17-21)25(33)30-14-19-10-11-32(16-19)15-18-4-3-5-22(12-18)26(27,28)29;3-2(4,5)1(6)7/h3-9,12-13,17,19H,10-11,14-16H2,1-2H3,(H,30,33);(H,6,7). The molecule has 1 saturated heterocycles. The van der Waals surface area contributed by atoms with E-state index in [1.165, 1.54) is 23.5 Å². The van der Waals surface area contributed by atoms with Crippen LogP contribution in [0.15, 0.2) is 60.0 Å². The molecule has 0 aliphatic carbocycles. The fraction of sp³-hybridized carbons (Fsp3) is 0.357. The number of benzene rings is 2. The molecule has 4 rings (SSSR count). The minimum absolute atomic E-state index is 0.0857. The van der Waals surface area contributed by atoms with Gasteiger partial charge in [0.15, 0.2) is 0 Å². The summed E-state index contributed by atoms with van der Waals surface area (Å²) in [5, 5.41) is 12.1. The van der Waals surface area contributed by atoms with Crippen LogP contribution in [0.3, 0.4) is 0 Å². The van der Waals surface area contributed by atoms with Gasteiger partial charge in [-0.25, -0.2) is 4.79 Å². The van der Waals surface area contributed by atoms with Crippen LogP contribution in [0, 0.1) is 5.92 Å². The zero-order chi connectivity index (χ0) is 30.4. The van der Waals surface area contributed by atoms with Crippen LogP contribution in [-0.2, 0) is 17.5 Å². The maximum atomic E-state index is 12.9. The lowest BCUT2D eigenvalue weighted by Gasteiger charge is -2.17. The molecule has 3 aromatic rings. The highest BCUT2D eigenvalue weighted by Gasteiger charge is 2.38. The van der Waals surface area contributed by atoms with Crippen molar-refractivity contribution in [2.24, 2.45) is 5.92 Å². The van der Waals surface area contributed by atoms with Crippen LogP contribution in [0.4, 0.5) is 32.0 Å².